The van der Waals surface area contributed by atoms with E-state index in [0.717, 1.165) is 24.1 Å². The summed E-state index contributed by atoms with van der Waals surface area (Å²) in [6, 6.07) is 12.2. The molecule has 166 valence electrons. The number of imidazole rings is 1. The van der Waals surface area contributed by atoms with Crippen LogP contribution in [0.2, 0.25) is 0 Å². The molecule has 33 heavy (non-hydrogen) atoms. The van der Waals surface area contributed by atoms with Crippen molar-refractivity contribution in [3.63, 3.8) is 0 Å². The fourth-order valence-electron chi connectivity index (χ4n) is 3.90. The second kappa shape index (κ2) is 8.53. The molecule has 11 heteroatoms. The average molecular weight is 444 g/mol. The van der Waals surface area contributed by atoms with E-state index in [1.165, 1.54) is 6.33 Å². The number of nitrogens with two attached hydrogens (primary N) is 1. The lowest BCUT2D eigenvalue weighted by atomic mass is 9.80. The molecular formula is C22H21BN6O4. The standard InChI is InChI=1S/C22H21BN6O4/c24-20(30)17-8-2-7-16-18(26-12-29(16)17)21-27-15-6-3-9-33-19(15)22(28-21)25-11-13-4-1-5-14(10-13)23(31)32/h1-2,4-5,7-8,10,12,31-32H,3,6,9,11H2,(H2,24,30)(H,25,27,28). The van der Waals surface area contributed by atoms with Crippen molar-refractivity contribution in [2.75, 3.05) is 11.9 Å². The van der Waals surface area contributed by atoms with E-state index < -0.39 is 13.0 Å². The van der Waals surface area contributed by atoms with Gasteiger partial charge < -0.3 is 25.8 Å². The lowest BCUT2D eigenvalue weighted by molar-refractivity contribution is 0.0994. The second-order valence-electron chi connectivity index (χ2n) is 7.72. The highest BCUT2D eigenvalue weighted by molar-refractivity contribution is 6.58. The number of carbonyl (C=O) groups excluding carboxylic acids is 1. The molecule has 0 saturated heterocycles. The van der Waals surface area contributed by atoms with Crippen LogP contribution >= 0.6 is 0 Å². The molecule has 5 rings (SSSR count). The third kappa shape index (κ3) is 3.99. The Morgan fingerprint density at radius 2 is 2.06 bits per heavy atom. The van der Waals surface area contributed by atoms with Gasteiger partial charge in [-0.1, -0.05) is 30.3 Å². The van der Waals surface area contributed by atoms with Crippen molar-refractivity contribution in [2.24, 2.45) is 5.73 Å². The summed E-state index contributed by atoms with van der Waals surface area (Å²) in [6.07, 6.45) is 3.11. The van der Waals surface area contributed by atoms with E-state index in [9.17, 15) is 14.8 Å². The SMILES string of the molecule is NC(=O)c1cccc2c(-c3nc4c(c(NCc5cccc(B(O)O)c5)n3)OCCC4)ncn12. The van der Waals surface area contributed by atoms with Gasteiger partial charge in [-0.3, -0.25) is 9.20 Å². The van der Waals surface area contributed by atoms with Crippen LogP contribution in [0.3, 0.4) is 0 Å². The number of anilines is 1. The van der Waals surface area contributed by atoms with Gasteiger partial charge in [-0.05, 0) is 36.0 Å². The maximum Gasteiger partial charge on any atom is 0.488 e. The van der Waals surface area contributed by atoms with Crippen LogP contribution in [-0.4, -0.2) is 49.0 Å². The number of nitrogens with one attached hydrogen (secondary N) is 1. The second-order valence-corrected chi connectivity index (χ2v) is 7.72. The Bertz CT molecular complexity index is 1360. The Morgan fingerprint density at radius 3 is 2.88 bits per heavy atom. The third-order valence-electron chi connectivity index (χ3n) is 5.49. The van der Waals surface area contributed by atoms with E-state index in [1.807, 2.05) is 12.1 Å². The maximum absolute atomic E-state index is 11.8. The van der Waals surface area contributed by atoms with Gasteiger partial charge in [0.2, 0.25) is 0 Å². The number of nitrogens with zero attached hydrogens (tertiary/aromatic N) is 4. The molecule has 3 aromatic heterocycles. The number of hydrogen-bond acceptors (Lipinski definition) is 8. The molecule has 0 aliphatic carbocycles. The van der Waals surface area contributed by atoms with Crippen molar-refractivity contribution in [1.82, 2.24) is 19.4 Å². The van der Waals surface area contributed by atoms with Gasteiger partial charge in [0.1, 0.15) is 17.7 Å². The van der Waals surface area contributed by atoms with Crippen LogP contribution in [0, 0.1) is 0 Å². The van der Waals surface area contributed by atoms with E-state index in [0.29, 0.717) is 52.9 Å². The molecule has 0 saturated carbocycles. The number of ether oxygens (including phenoxy) is 1. The van der Waals surface area contributed by atoms with Crippen LogP contribution in [0.4, 0.5) is 5.82 Å². The Morgan fingerprint density at radius 1 is 1.21 bits per heavy atom. The number of pyridine rings is 1. The number of carbonyl (C=O) groups is 1. The quantitative estimate of drug-likeness (QED) is 0.315. The zero-order valence-electron chi connectivity index (χ0n) is 17.6. The molecule has 1 amide bonds. The molecule has 0 atom stereocenters. The first-order chi connectivity index (χ1) is 16.0. The summed E-state index contributed by atoms with van der Waals surface area (Å²) in [5.41, 5.74) is 9.04. The van der Waals surface area contributed by atoms with Crippen LogP contribution in [0.15, 0.2) is 48.8 Å². The van der Waals surface area contributed by atoms with Gasteiger partial charge in [0.25, 0.3) is 5.91 Å². The van der Waals surface area contributed by atoms with Crippen molar-refractivity contribution in [3.05, 3.63) is 65.7 Å². The number of aryl methyl sites for hydroxylation is 1. The maximum atomic E-state index is 11.8. The Balaban J connectivity index is 1.54. The number of hydrogen-bond donors (Lipinski definition) is 4. The normalized spacial score (nSPS) is 12.8. The van der Waals surface area contributed by atoms with Crippen LogP contribution in [-0.2, 0) is 13.0 Å². The van der Waals surface area contributed by atoms with Crippen LogP contribution in [0.5, 0.6) is 5.75 Å². The predicted molar refractivity (Wildman–Crippen MR) is 122 cm³/mol. The van der Waals surface area contributed by atoms with Crippen molar-refractivity contribution < 1.29 is 19.6 Å². The molecule has 10 nitrogen and oxygen atoms in total. The molecule has 4 aromatic rings. The van der Waals surface area contributed by atoms with E-state index in [4.69, 9.17) is 15.5 Å². The first-order valence-electron chi connectivity index (χ1n) is 10.5. The zero-order valence-corrected chi connectivity index (χ0v) is 17.6. The molecule has 4 heterocycles. The Hall–Kier alpha value is -3.96. The number of aromatic nitrogens is 4. The minimum Gasteiger partial charge on any atom is -0.488 e. The van der Waals surface area contributed by atoms with Gasteiger partial charge in [0, 0.05) is 6.54 Å². The summed E-state index contributed by atoms with van der Waals surface area (Å²) in [4.78, 5) is 25.6. The number of fused-ring (bicyclic) bond motifs is 2. The van der Waals surface area contributed by atoms with Crippen molar-refractivity contribution >= 4 is 29.8 Å². The summed E-state index contributed by atoms with van der Waals surface area (Å²) in [5, 5.41) is 22.1. The average Bonchev–Trinajstić information content (AvgIpc) is 3.26. The molecule has 5 N–H and O–H groups in total. The zero-order chi connectivity index (χ0) is 22.9. The smallest absolute Gasteiger partial charge is 0.488 e. The highest BCUT2D eigenvalue weighted by Gasteiger charge is 2.22. The van der Waals surface area contributed by atoms with Gasteiger partial charge in [0.15, 0.2) is 17.4 Å². The van der Waals surface area contributed by atoms with Crippen molar-refractivity contribution in [3.8, 4) is 17.3 Å². The number of benzene rings is 1. The molecule has 0 radical (unpaired) electrons. The topological polar surface area (TPSA) is 148 Å². The van der Waals surface area contributed by atoms with Crippen molar-refractivity contribution in [1.29, 1.82) is 0 Å². The fraction of sp³-hybridized carbons (Fsp3) is 0.182. The van der Waals surface area contributed by atoms with Crippen LogP contribution < -0.4 is 21.3 Å². The number of primary amides is 1. The Kier molecular flexibility index (Phi) is 5.41. The highest BCUT2D eigenvalue weighted by Crippen LogP contribution is 2.33. The molecule has 1 aromatic carbocycles. The first kappa shape index (κ1) is 20.9. The largest absolute Gasteiger partial charge is 0.488 e. The summed E-state index contributed by atoms with van der Waals surface area (Å²) < 4.78 is 7.48. The van der Waals surface area contributed by atoms with Gasteiger partial charge in [-0.15, -0.1) is 0 Å². The predicted octanol–water partition coefficient (Wildman–Crippen LogP) is 0.507. The summed E-state index contributed by atoms with van der Waals surface area (Å²) in [5.74, 6) is 0.980. The van der Waals surface area contributed by atoms with Gasteiger partial charge >= 0.3 is 7.12 Å². The molecule has 0 unspecified atom stereocenters. The molecule has 1 aliphatic heterocycles. The highest BCUT2D eigenvalue weighted by atomic mass is 16.5. The summed E-state index contributed by atoms with van der Waals surface area (Å²) in [6.45, 7) is 0.967. The lowest BCUT2D eigenvalue weighted by Crippen LogP contribution is -2.30. The Labute approximate surface area is 189 Å². The van der Waals surface area contributed by atoms with Gasteiger partial charge in [0.05, 0.1) is 17.8 Å². The van der Waals surface area contributed by atoms with Crippen LogP contribution in [0.25, 0.3) is 17.0 Å². The molecule has 1 aliphatic rings. The van der Waals surface area contributed by atoms with E-state index in [1.54, 1.807) is 34.7 Å². The minimum absolute atomic E-state index is 0.317. The molecular weight excluding hydrogens is 423 g/mol. The van der Waals surface area contributed by atoms with E-state index in [-0.39, 0.29) is 0 Å². The van der Waals surface area contributed by atoms with E-state index in [2.05, 4.69) is 15.3 Å². The number of rotatable bonds is 6. The van der Waals surface area contributed by atoms with Crippen LogP contribution in [0.1, 0.15) is 28.2 Å². The molecule has 0 spiro atoms. The lowest BCUT2D eigenvalue weighted by Gasteiger charge is -2.20. The van der Waals surface area contributed by atoms with E-state index >= 15 is 0 Å². The minimum atomic E-state index is -1.54. The van der Waals surface area contributed by atoms with Gasteiger partial charge in [-0.25, -0.2) is 15.0 Å². The summed E-state index contributed by atoms with van der Waals surface area (Å²) >= 11 is 0. The number of amides is 1. The molecule has 0 fully saturated rings. The van der Waals surface area contributed by atoms with Gasteiger partial charge in [-0.2, -0.15) is 0 Å². The molecule has 0 bridgehead atoms. The van der Waals surface area contributed by atoms with Crippen molar-refractivity contribution in [2.45, 2.75) is 19.4 Å². The third-order valence-corrected chi connectivity index (χ3v) is 5.49. The fourth-order valence-corrected chi connectivity index (χ4v) is 3.90. The summed E-state index contributed by atoms with van der Waals surface area (Å²) in [7, 11) is -1.54. The first-order valence-corrected chi connectivity index (χ1v) is 10.5. The monoisotopic (exact) mass is 444 g/mol.